The van der Waals surface area contributed by atoms with E-state index in [-0.39, 0.29) is 36.6 Å². The van der Waals surface area contributed by atoms with Gasteiger partial charge in [0.15, 0.2) is 0 Å². The van der Waals surface area contributed by atoms with Gasteiger partial charge in [-0.1, -0.05) is 61.9 Å². The second-order valence-electron chi connectivity index (χ2n) is 10.3. The molecule has 34 heavy (non-hydrogen) atoms. The minimum Gasteiger partial charge on any atom is -0.481 e. The highest BCUT2D eigenvalue weighted by Gasteiger charge is 2.57. The van der Waals surface area contributed by atoms with E-state index in [1.54, 1.807) is 0 Å². The number of carboxylic acid groups (broad SMARTS) is 1. The van der Waals surface area contributed by atoms with E-state index in [2.05, 4.69) is 24.0 Å². The molecule has 3 unspecified atom stereocenters. The normalized spacial score (nSPS) is 25.6. The van der Waals surface area contributed by atoms with Crippen LogP contribution in [0, 0.1) is 5.41 Å². The van der Waals surface area contributed by atoms with Crippen molar-refractivity contribution in [1.82, 2.24) is 4.90 Å². The molecule has 0 spiro atoms. The lowest BCUT2D eigenvalue weighted by molar-refractivity contribution is -0.137. The third-order valence-electron chi connectivity index (χ3n) is 7.94. The number of hydrogen-bond acceptors (Lipinski definition) is 4. The first-order chi connectivity index (χ1) is 16.5. The molecule has 1 aliphatic heterocycles. The van der Waals surface area contributed by atoms with Gasteiger partial charge in [0.2, 0.25) is 0 Å². The molecule has 1 heterocycles. The molecule has 6 nitrogen and oxygen atoms in total. The van der Waals surface area contributed by atoms with Crippen LogP contribution >= 0.6 is 0 Å². The smallest absolute Gasteiger partial charge is 0.414 e. The van der Waals surface area contributed by atoms with E-state index in [0.29, 0.717) is 12.5 Å². The molecule has 3 atom stereocenters. The number of carbonyl (C=O) groups excluding carboxylic acids is 1. The maximum absolute atomic E-state index is 13.5. The van der Waals surface area contributed by atoms with E-state index in [0.717, 1.165) is 49.9 Å². The van der Waals surface area contributed by atoms with Crippen molar-refractivity contribution < 1.29 is 19.4 Å². The van der Waals surface area contributed by atoms with Gasteiger partial charge < -0.3 is 9.84 Å². The summed E-state index contributed by atoms with van der Waals surface area (Å²) >= 11 is 0. The third-order valence-corrected chi connectivity index (χ3v) is 7.94. The Hall–Kier alpha value is -2.86. The molecule has 2 aromatic carbocycles. The zero-order valence-corrected chi connectivity index (χ0v) is 19.9. The van der Waals surface area contributed by atoms with Crippen LogP contribution in [0.15, 0.2) is 54.6 Å². The molecule has 1 amide bonds. The number of aliphatic carboxylic acids is 1. The van der Waals surface area contributed by atoms with E-state index in [4.69, 9.17) is 4.74 Å². The van der Waals surface area contributed by atoms with Gasteiger partial charge in [-0.2, -0.15) is 0 Å². The molecular weight excluding hydrogens is 428 g/mol. The highest BCUT2D eigenvalue weighted by molar-refractivity contribution is 5.91. The highest BCUT2D eigenvalue weighted by Crippen LogP contribution is 2.59. The number of rotatable bonds is 8. The summed E-state index contributed by atoms with van der Waals surface area (Å²) in [5.74, 6) is -0.739. The molecule has 6 heteroatoms. The van der Waals surface area contributed by atoms with Crippen LogP contribution < -0.4 is 4.90 Å². The van der Waals surface area contributed by atoms with E-state index in [9.17, 15) is 14.7 Å². The lowest BCUT2D eigenvalue weighted by Crippen LogP contribution is -2.57. The van der Waals surface area contributed by atoms with Gasteiger partial charge in [-0.05, 0) is 55.8 Å². The summed E-state index contributed by atoms with van der Waals surface area (Å²) in [4.78, 5) is 29.2. The molecule has 0 radical (unpaired) electrons. The molecule has 2 aliphatic carbocycles. The molecule has 5 rings (SSSR count). The van der Waals surface area contributed by atoms with Gasteiger partial charge in [-0.3, -0.25) is 14.6 Å². The van der Waals surface area contributed by atoms with Crippen LogP contribution in [0.2, 0.25) is 0 Å². The van der Waals surface area contributed by atoms with E-state index < -0.39 is 5.97 Å². The third kappa shape index (κ3) is 4.31. The molecule has 3 aliphatic rings. The second-order valence-corrected chi connectivity index (χ2v) is 10.3. The maximum Gasteiger partial charge on any atom is 0.414 e. The number of amides is 1. The Kier molecular flexibility index (Phi) is 6.34. The summed E-state index contributed by atoms with van der Waals surface area (Å²) < 4.78 is 5.83. The SMILES string of the molecule is CC12CCCC1N(C(=O)OCc1ccccc1)c1ccccc1C2N(CCCC(=O)O)C1CC1. The number of carbonyl (C=O) groups is 2. The molecular formula is C28H34N2O4. The number of anilines is 1. The molecule has 2 saturated carbocycles. The quantitative estimate of drug-likeness (QED) is 0.539. The first-order valence-electron chi connectivity index (χ1n) is 12.6. The van der Waals surface area contributed by atoms with Gasteiger partial charge >= 0.3 is 12.1 Å². The van der Waals surface area contributed by atoms with Crippen LogP contribution in [-0.4, -0.2) is 40.7 Å². The molecule has 2 fully saturated rings. The Labute approximate surface area is 201 Å². The fourth-order valence-corrected chi connectivity index (χ4v) is 6.29. The lowest BCUT2D eigenvalue weighted by atomic mass is 9.69. The van der Waals surface area contributed by atoms with Crippen LogP contribution in [-0.2, 0) is 16.1 Å². The van der Waals surface area contributed by atoms with Gasteiger partial charge in [0.1, 0.15) is 6.61 Å². The molecule has 180 valence electrons. The summed E-state index contributed by atoms with van der Waals surface area (Å²) in [6, 6.07) is 18.8. The predicted molar refractivity (Wildman–Crippen MR) is 131 cm³/mol. The van der Waals surface area contributed by atoms with Crippen molar-refractivity contribution >= 4 is 17.7 Å². The van der Waals surface area contributed by atoms with Gasteiger partial charge in [0, 0.05) is 30.0 Å². The van der Waals surface area contributed by atoms with Crippen molar-refractivity contribution in [2.24, 2.45) is 5.41 Å². The zero-order valence-electron chi connectivity index (χ0n) is 19.9. The summed E-state index contributed by atoms with van der Waals surface area (Å²) in [7, 11) is 0. The van der Waals surface area contributed by atoms with E-state index in [1.807, 2.05) is 47.4 Å². The van der Waals surface area contributed by atoms with Crippen molar-refractivity contribution in [3.63, 3.8) is 0 Å². The van der Waals surface area contributed by atoms with Crippen LogP contribution in [0.4, 0.5) is 10.5 Å². The van der Waals surface area contributed by atoms with Crippen molar-refractivity contribution in [1.29, 1.82) is 0 Å². The molecule has 0 aromatic heterocycles. The van der Waals surface area contributed by atoms with E-state index >= 15 is 0 Å². The summed E-state index contributed by atoms with van der Waals surface area (Å²) in [5.41, 5.74) is 2.98. The number of hydrogen-bond donors (Lipinski definition) is 1. The first-order valence-corrected chi connectivity index (χ1v) is 12.6. The molecule has 0 bridgehead atoms. The average molecular weight is 463 g/mol. The number of carboxylic acids is 1. The monoisotopic (exact) mass is 462 g/mol. The largest absolute Gasteiger partial charge is 0.481 e. The van der Waals surface area contributed by atoms with Gasteiger partial charge in [-0.25, -0.2) is 4.79 Å². The number of ether oxygens (including phenoxy) is 1. The standard InChI is InChI=1S/C28H34N2O4/c1-28-17-7-13-24(28)30(27(33)34-19-20-9-3-2-4-10-20)23-12-6-5-11-22(23)26(28)29(21-15-16-21)18-8-14-25(31)32/h2-6,9-12,21,24,26H,7-8,13-19H2,1H3,(H,31,32). The number of nitrogens with zero attached hydrogens (tertiary/aromatic N) is 2. The second kappa shape index (κ2) is 9.41. The predicted octanol–water partition coefficient (Wildman–Crippen LogP) is 5.77. The Morgan fingerprint density at radius 2 is 1.82 bits per heavy atom. The van der Waals surface area contributed by atoms with Crippen LogP contribution in [0.5, 0.6) is 0 Å². The van der Waals surface area contributed by atoms with Crippen molar-refractivity contribution in [3.05, 3.63) is 65.7 Å². The van der Waals surface area contributed by atoms with Crippen molar-refractivity contribution in [2.75, 3.05) is 11.4 Å². The fraction of sp³-hybridized carbons (Fsp3) is 0.500. The Bertz CT molecular complexity index is 1040. The topological polar surface area (TPSA) is 70.1 Å². The lowest BCUT2D eigenvalue weighted by Gasteiger charge is -2.53. The first kappa shape index (κ1) is 22.9. The van der Waals surface area contributed by atoms with Crippen LogP contribution in [0.25, 0.3) is 0 Å². The zero-order chi connectivity index (χ0) is 23.7. The number of benzene rings is 2. The minimum atomic E-state index is -0.739. The Balaban J connectivity index is 1.47. The molecule has 2 aromatic rings. The summed E-state index contributed by atoms with van der Waals surface area (Å²) in [6.45, 7) is 3.36. The van der Waals surface area contributed by atoms with Crippen molar-refractivity contribution in [2.45, 2.75) is 76.6 Å². The van der Waals surface area contributed by atoms with Gasteiger partial charge in [0.05, 0.1) is 5.69 Å². The summed E-state index contributed by atoms with van der Waals surface area (Å²) in [5, 5.41) is 9.20. The highest BCUT2D eigenvalue weighted by atomic mass is 16.6. The Morgan fingerprint density at radius 1 is 1.09 bits per heavy atom. The molecule has 1 N–H and O–H groups in total. The van der Waals surface area contributed by atoms with Gasteiger partial charge in [0.25, 0.3) is 0 Å². The number of para-hydroxylation sites is 1. The fourth-order valence-electron chi connectivity index (χ4n) is 6.29. The molecule has 0 saturated heterocycles. The van der Waals surface area contributed by atoms with Crippen LogP contribution in [0.1, 0.15) is 69.0 Å². The van der Waals surface area contributed by atoms with E-state index in [1.165, 1.54) is 5.56 Å². The van der Waals surface area contributed by atoms with Crippen molar-refractivity contribution in [3.8, 4) is 0 Å². The van der Waals surface area contributed by atoms with Gasteiger partial charge in [-0.15, -0.1) is 0 Å². The maximum atomic E-state index is 13.5. The average Bonchev–Trinajstić information content (AvgIpc) is 3.60. The Morgan fingerprint density at radius 3 is 2.56 bits per heavy atom. The van der Waals surface area contributed by atoms with Crippen LogP contribution in [0.3, 0.4) is 0 Å². The number of fused-ring (bicyclic) bond motifs is 2. The minimum absolute atomic E-state index is 0.0661. The summed E-state index contributed by atoms with van der Waals surface area (Å²) in [6.07, 6.45) is 5.95.